The number of rotatable bonds is 9. The first kappa shape index (κ1) is 25.9. The Bertz CT molecular complexity index is 1390. The first-order chi connectivity index (χ1) is 17.8. The third-order valence-corrected chi connectivity index (χ3v) is 6.89. The zero-order valence-corrected chi connectivity index (χ0v) is 20.3. The van der Waals surface area contributed by atoms with E-state index in [1.807, 2.05) is 30.3 Å². The smallest absolute Gasteiger partial charge is 0.329 e. The zero-order valence-electron chi connectivity index (χ0n) is 20.3. The van der Waals surface area contributed by atoms with Gasteiger partial charge in [-0.25, -0.2) is 9.59 Å². The van der Waals surface area contributed by atoms with Crippen LogP contribution in [0, 0.1) is 11.8 Å². The van der Waals surface area contributed by atoms with Crippen LogP contribution in [0.5, 0.6) is 0 Å². The summed E-state index contributed by atoms with van der Waals surface area (Å²) in [5, 5.41) is 15.3. The quantitative estimate of drug-likeness (QED) is 0.345. The van der Waals surface area contributed by atoms with E-state index in [4.69, 9.17) is 0 Å². The lowest BCUT2D eigenvalue weighted by Gasteiger charge is -2.28. The number of nitrogens with one attached hydrogen (secondary N) is 3. The van der Waals surface area contributed by atoms with E-state index in [1.54, 1.807) is 24.3 Å². The third-order valence-electron chi connectivity index (χ3n) is 6.89. The molecule has 1 heterocycles. The van der Waals surface area contributed by atoms with E-state index < -0.39 is 29.2 Å². The Hall–Kier alpha value is -4.21. The number of hydrogen-bond donors (Lipinski definition) is 4. The number of carboxylic acid groups (broad SMARTS) is 1. The standard InChI is InChI=1S/C27H30N4O6/c32-23(16-31-25(34)20-8-4-5-9-21(20)30-27(31)37)28-15-18-10-12-19(13-11-18)24(33)29-22(26(35)36)14-17-6-2-1-3-7-17/h1-9,18-19,22H,10-16H2,(H,28,32)(H,29,33)(H,30,37)(H,35,36). The molecule has 10 heteroatoms. The van der Waals surface area contributed by atoms with Crippen LogP contribution in [0.2, 0.25) is 0 Å². The number of hydrogen-bond acceptors (Lipinski definition) is 5. The number of para-hydroxylation sites is 1. The van der Waals surface area contributed by atoms with Crippen molar-refractivity contribution in [2.45, 2.75) is 44.7 Å². The molecule has 0 spiro atoms. The van der Waals surface area contributed by atoms with Crippen LogP contribution in [-0.4, -0.2) is 45.0 Å². The number of nitrogens with zero attached hydrogens (tertiary/aromatic N) is 1. The zero-order chi connectivity index (χ0) is 26.4. The number of carbonyl (C=O) groups is 3. The highest BCUT2D eigenvalue weighted by molar-refractivity contribution is 5.85. The molecule has 2 aromatic carbocycles. The van der Waals surface area contributed by atoms with Crippen LogP contribution < -0.4 is 21.9 Å². The average molecular weight is 507 g/mol. The molecule has 1 saturated carbocycles. The fourth-order valence-electron chi connectivity index (χ4n) is 4.77. The fourth-order valence-corrected chi connectivity index (χ4v) is 4.77. The Labute approximate surface area is 212 Å². The minimum absolute atomic E-state index is 0.152. The Balaban J connectivity index is 1.25. The molecule has 10 nitrogen and oxygen atoms in total. The number of aromatic amines is 1. The molecule has 1 aliphatic carbocycles. The van der Waals surface area contributed by atoms with Crippen molar-refractivity contribution in [2.75, 3.05) is 6.54 Å². The molecule has 4 rings (SSSR count). The average Bonchev–Trinajstić information content (AvgIpc) is 2.90. The van der Waals surface area contributed by atoms with Crippen LogP contribution in [0.25, 0.3) is 10.9 Å². The SMILES string of the molecule is O=C(Cn1c(=O)[nH]c2ccccc2c1=O)NCC1CCC(C(=O)NC(Cc2ccccc2)C(=O)O)CC1. The first-order valence-electron chi connectivity index (χ1n) is 12.4. The van der Waals surface area contributed by atoms with E-state index in [9.17, 15) is 29.1 Å². The molecule has 0 saturated heterocycles. The molecule has 194 valence electrons. The maximum absolute atomic E-state index is 12.7. The van der Waals surface area contributed by atoms with Crippen molar-refractivity contribution in [3.8, 4) is 0 Å². The number of aliphatic carboxylic acids is 1. The Morgan fingerprint density at radius 1 is 0.973 bits per heavy atom. The summed E-state index contributed by atoms with van der Waals surface area (Å²) < 4.78 is 0.882. The molecule has 1 atom stereocenters. The number of carboxylic acids is 1. The molecule has 0 radical (unpaired) electrons. The lowest BCUT2D eigenvalue weighted by atomic mass is 9.81. The van der Waals surface area contributed by atoms with Gasteiger partial charge in [-0.2, -0.15) is 0 Å². The molecule has 0 aliphatic heterocycles. The minimum atomic E-state index is -1.07. The van der Waals surface area contributed by atoms with Gasteiger partial charge in [-0.1, -0.05) is 42.5 Å². The summed E-state index contributed by atoms with van der Waals surface area (Å²) in [5.41, 5.74) is 0.0949. The summed E-state index contributed by atoms with van der Waals surface area (Å²) in [4.78, 5) is 64.3. The molecule has 2 amide bonds. The second-order valence-electron chi connectivity index (χ2n) is 9.48. The number of amides is 2. The first-order valence-corrected chi connectivity index (χ1v) is 12.4. The number of aromatic nitrogens is 2. The number of benzene rings is 2. The van der Waals surface area contributed by atoms with Crippen LogP contribution in [0.15, 0.2) is 64.2 Å². The summed E-state index contributed by atoms with van der Waals surface area (Å²) in [7, 11) is 0. The number of fused-ring (bicyclic) bond motifs is 1. The van der Waals surface area contributed by atoms with E-state index in [2.05, 4.69) is 15.6 Å². The van der Waals surface area contributed by atoms with Crippen LogP contribution in [0.3, 0.4) is 0 Å². The summed E-state index contributed by atoms with van der Waals surface area (Å²) in [5.74, 6) is -1.90. The second-order valence-corrected chi connectivity index (χ2v) is 9.48. The Kier molecular flexibility index (Phi) is 8.17. The molecular weight excluding hydrogens is 476 g/mol. The molecule has 37 heavy (non-hydrogen) atoms. The van der Waals surface area contributed by atoms with Gasteiger partial charge in [-0.3, -0.25) is 19.0 Å². The van der Waals surface area contributed by atoms with Crippen LogP contribution in [-0.2, 0) is 27.3 Å². The van der Waals surface area contributed by atoms with Crippen molar-refractivity contribution >= 4 is 28.7 Å². The molecular formula is C27H30N4O6. The molecule has 1 fully saturated rings. The molecule has 1 aromatic heterocycles. The van der Waals surface area contributed by atoms with Gasteiger partial charge in [-0.05, 0) is 49.3 Å². The monoisotopic (exact) mass is 506 g/mol. The van der Waals surface area contributed by atoms with Crippen LogP contribution >= 0.6 is 0 Å². The van der Waals surface area contributed by atoms with Gasteiger partial charge in [-0.15, -0.1) is 0 Å². The van der Waals surface area contributed by atoms with Gasteiger partial charge in [0.25, 0.3) is 5.56 Å². The summed E-state index contributed by atoms with van der Waals surface area (Å²) in [6, 6.07) is 14.8. The highest BCUT2D eigenvalue weighted by Gasteiger charge is 2.29. The molecule has 0 bridgehead atoms. The number of carbonyl (C=O) groups excluding carboxylic acids is 2. The van der Waals surface area contributed by atoms with Crippen LogP contribution in [0.1, 0.15) is 31.2 Å². The highest BCUT2D eigenvalue weighted by atomic mass is 16.4. The fraction of sp³-hybridized carbons (Fsp3) is 0.370. The van der Waals surface area contributed by atoms with Gasteiger partial charge < -0.3 is 20.7 Å². The highest BCUT2D eigenvalue weighted by Crippen LogP contribution is 2.28. The van der Waals surface area contributed by atoms with Crippen molar-refractivity contribution in [3.05, 3.63) is 81.0 Å². The topological polar surface area (TPSA) is 150 Å². The summed E-state index contributed by atoms with van der Waals surface area (Å²) >= 11 is 0. The van der Waals surface area contributed by atoms with E-state index in [1.165, 1.54) is 0 Å². The molecule has 1 aliphatic rings. The Morgan fingerprint density at radius 3 is 2.35 bits per heavy atom. The predicted molar refractivity (Wildman–Crippen MR) is 137 cm³/mol. The summed E-state index contributed by atoms with van der Waals surface area (Å²) in [6.45, 7) is -0.00604. The van der Waals surface area contributed by atoms with Gasteiger partial charge in [0.05, 0.1) is 10.9 Å². The van der Waals surface area contributed by atoms with Crippen molar-refractivity contribution in [1.29, 1.82) is 0 Å². The van der Waals surface area contributed by atoms with Gasteiger partial charge >= 0.3 is 11.7 Å². The number of H-pyrrole nitrogens is 1. The molecule has 3 aromatic rings. The molecule has 1 unspecified atom stereocenters. The minimum Gasteiger partial charge on any atom is -0.480 e. The largest absolute Gasteiger partial charge is 0.480 e. The van der Waals surface area contributed by atoms with Gasteiger partial charge in [0, 0.05) is 18.9 Å². The van der Waals surface area contributed by atoms with E-state index >= 15 is 0 Å². The lowest BCUT2D eigenvalue weighted by molar-refractivity contribution is -0.142. The van der Waals surface area contributed by atoms with Crippen molar-refractivity contribution < 1.29 is 19.5 Å². The van der Waals surface area contributed by atoms with Crippen molar-refractivity contribution in [1.82, 2.24) is 20.2 Å². The van der Waals surface area contributed by atoms with Crippen LogP contribution in [0.4, 0.5) is 0 Å². The van der Waals surface area contributed by atoms with Gasteiger partial charge in [0.1, 0.15) is 12.6 Å². The summed E-state index contributed by atoms with van der Waals surface area (Å²) in [6.07, 6.45) is 2.80. The third kappa shape index (κ3) is 6.52. The van der Waals surface area contributed by atoms with Gasteiger partial charge in [0.2, 0.25) is 11.8 Å². The predicted octanol–water partition coefficient (Wildman–Crippen LogP) is 1.42. The second kappa shape index (κ2) is 11.7. The van der Waals surface area contributed by atoms with Crippen molar-refractivity contribution in [2.24, 2.45) is 11.8 Å². The maximum Gasteiger partial charge on any atom is 0.329 e. The Morgan fingerprint density at radius 2 is 1.65 bits per heavy atom. The molecule has 4 N–H and O–H groups in total. The van der Waals surface area contributed by atoms with E-state index in [0.29, 0.717) is 43.1 Å². The normalized spacial score (nSPS) is 18.2. The lowest BCUT2D eigenvalue weighted by Crippen LogP contribution is -2.46. The van der Waals surface area contributed by atoms with E-state index in [0.717, 1.165) is 10.1 Å². The van der Waals surface area contributed by atoms with E-state index in [-0.39, 0.29) is 30.7 Å². The van der Waals surface area contributed by atoms with Gasteiger partial charge in [0.15, 0.2) is 0 Å². The maximum atomic E-state index is 12.7. The van der Waals surface area contributed by atoms with Crippen molar-refractivity contribution in [3.63, 3.8) is 0 Å².